The molecule has 5 rings (SSSR count). The van der Waals surface area contributed by atoms with Gasteiger partial charge in [0.2, 0.25) is 0 Å². The van der Waals surface area contributed by atoms with Crippen molar-refractivity contribution in [2.45, 2.75) is 5.92 Å². The lowest BCUT2D eigenvalue weighted by Crippen LogP contribution is -2.37. The van der Waals surface area contributed by atoms with E-state index in [1.807, 2.05) is 36.4 Å². The molecular formula is C29H25N5O2S2. The summed E-state index contributed by atoms with van der Waals surface area (Å²) in [5.41, 5.74) is 13.2. The molecule has 38 heavy (non-hydrogen) atoms. The van der Waals surface area contributed by atoms with Crippen molar-refractivity contribution < 1.29 is 9.53 Å². The second-order valence-corrected chi connectivity index (χ2v) is 9.50. The fourth-order valence-corrected chi connectivity index (χ4v) is 4.89. The van der Waals surface area contributed by atoms with E-state index in [1.54, 1.807) is 36.4 Å². The molecule has 0 heterocycles. The summed E-state index contributed by atoms with van der Waals surface area (Å²) in [5, 5.41) is 12.5. The molecule has 4 aromatic rings. The topological polar surface area (TPSA) is 100 Å². The van der Waals surface area contributed by atoms with Gasteiger partial charge in [0.15, 0.2) is 10.2 Å². The van der Waals surface area contributed by atoms with E-state index in [-0.39, 0.29) is 12.5 Å². The van der Waals surface area contributed by atoms with Crippen LogP contribution in [0.2, 0.25) is 0 Å². The van der Waals surface area contributed by atoms with Gasteiger partial charge in [-0.2, -0.15) is 0 Å². The van der Waals surface area contributed by atoms with Crippen LogP contribution in [0, 0.1) is 0 Å². The molecule has 0 bridgehead atoms. The van der Waals surface area contributed by atoms with Gasteiger partial charge in [0, 0.05) is 28.7 Å². The van der Waals surface area contributed by atoms with Gasteiger partial charge in [0.25, 0.3) is 0 Å². The van der Waals surface area contributed by atoms with Gasteiger partial charge in [0.05, 0.1) is 0 Å². The van der Waals surface area contributed by atoms with E-state index in [9.17, 15) is 4.79 Å². The SMILES string of the molecule is Nc1ccc(NC(=S)NC(=S)Nc2ccc(NC(=O)OCC3c4ccccc4-c4ccccc43)cc2)cc1. The highest BCUT2D eigenvalue weighted by molar-refractivity contribution is 7.82. The number of anilines is 4. The third-order valence-corrected chi connectivity index (χ3v) is 6.54. The van der Waals surface area contributed by atoms with Crippen molar-refractivity contribution >= 4 is 63.5 Å². The van der Waals surface area contributed by atoms with E-state index in [2.05, 4.69) is 45.5 Å². The highest BCUT2D eigenvalue weighted by atomic mass is 32.1. The number of hydrogen-bond donors (Lipinski definition) is 5. The Morgan fingerprint density at radius 2 is 1.13 bits per heavy atom. The van der Waals surface area contributed by atoms with Crippen LogP contribution >= 0.6 is 24.4 Å². The Morgan fingerprint density at radius 3 is 1.66 bits per heavy atom. The number of nitrogen functional groups attached to an aromatic ring is 1. The lowest BCUT2D eigenvalue weighted by molar-refractivity contribution is 0.158. The maximum absolute atomic E-state index is 12.5. The molecular weight excluding hydrogens is 514 g/mol. The first-order valence-corrected chi connectivity index (χ1v) is 12.7. The number of carbonyl (C=O) groups excluding carboxylic acids is 1. The van der Waals surface area contributed by atoms with Gasteiger partial charge in [-0.3, -0.25) is 5.32 Å². The standard InChI is InChI=1S/C29H25N5O2S2/c30-18-9-11-19(12-10-18)31-27(37)34-28(38)32-20-13-15-21(16-14-20)33-29(35)36-17-26-24-7-3-1-5-22(24)23-6-2-4-8-25(23)26/h1-16,26H,17,30H2,(H,33,35)(H3,31,32,34,37,38). The molecule has 0 unspecified atom stereocenters. The van der Waals surface area contributed by atoms with E-state index < -0.39 is 6.09 Å². The molecule has 4 aromatic carbocycles. The van der Waals surface area contributed by atoms with Gasteiger partial charge in [-0.1, -0.05) is 48.5 Å². The molecule has 0 aromatic heterocycles. The zero-order chi connectivity index (χ0) is 26.5. The smallest absolute Gasteiger partial charge is 0.411 e. The summed E-state index contributed by atoms with van der Waals surface area (Å²) in [6.07, 6.45) is -0.510. The molecule has 1 aliphatic rings. The van der Waals surface area contributed by atoms with Crippen LogP contribution in [0.4, 0.5) is 27.5 Å². The summed E-state index contributed by atoms with van der Waals surface area (Å²) in [7, 11) is 0. The first-order valence-electron chi connectivity index (χ1n) is 11.9. The van der Waals surface area contributed by atoms with Gasteiger partial charge in [-0.05, 0) is 95.2 Å². The number of amides is 1. The lowest BCUT2D eigenvalue weighted by Gasteiger charge is -2.15. The van der Waals surface area contributed by atoms with Gasteiger partial charge < -0.3 is 26.4 Å². The third-order valence-electron chi connectivity index (χ3n) is 6.13. The van der Waals surface area contributed by atoms with Crippen LogP contribution in [0.1, 0.15) is 17.0 Å². The average molecular weight is 540 g/mol. The zero-order valence-electron chi connectivity index (χ0n) is 20.2. The quantitative estimate of drug-likeness (QED) is 0.149. The maximum atomic E-state index is 12.5. The molecule has 0 fully saturated rings. The first kappa shape index (κ1) is 25.2. The minimum Gasteiger partial charge on any atom is -0.448 e. The van der Waals surface area contributed by atoms with Gasteiger partial charge in [0.1, 0.15) is 6.61 Å². The molecule has 0 saturated carbocycles. The Hall–Kier alpha value is -4.47. The molecule has 0 spiro atoms. The van der Waals surface area contributed by atoms with Crippen LogP contribution in [0.25, 0.3) is 11.1 Å². The van der Waals surface area contributed by atoms with Crippen molar-refractivity contribution in [3.8, 4) is 11.1 Å². The van der Waals surface area contributed by atoms with Crippen LogP contribution in [0.5, 0.6) is 0 Å². The Labute approximate surface area is 231 Å². The van der Waals surface area contributed by atoms with Crippen molar-refractivity contribution in [2.24, 2.45) is 0 Å². The highest BCUT2D eigenvalue weighted by Crippen LogP contribution is 2.44. The third kappa shape index (κ3) is 5.91. The minimum absolute atomic E-state index is 0.00818. The van der Waals surface area contributed by atoms with Gasteiger partial charge in [-0.15, -0.1) is 0 Å². The molecule has 6 N–H and O–H groups in total. The Kier molecular flexibility index (Phi) is 7.48. The molecule has 0 atom stereocenters. The largest absolute Gasteiger partial charge is 0.448 e. The van der Waals surface area contributed by atoms with E-state index in [1.165, 1.54) is 22.3 Å². The second-order valence-electron chi connectivity index (χ2n) is 8.68. The summed E-state index contributed by atoms with van der Waals surface area (Å²) in [6, 6.07) is 30.8. The van der Waals surface area contributed by atoms with Crippen LogP contribution < -0.4 is 27.0 Å². The fourth-order valence-electron chi connectivity index (χ4n) is 4.38. The number of thiocarbonyl (C=S) groups is 2. The van der Waals surface area contributed by atoms with Crippen LogP contribution in [-0.4, -0.2) is 22.9 Å². The molecule has 9 heteroatoms. The normalized spacial score (nSPS) is 11.6. The average Bonchev–Trinajstić information content (AvgIpc) is 3.23. The maximum Gasteiger partial charge on any atom is 0.411 e. The predicted molar refractivity (Wildman–Crippen MR) is 162 cm³/mol. The molecule has 1 aliphatic carbocycles. The summed E-state index contributed by atoms with van der Waals surface area (Å²) in [4.78, 5) is 12.5. The number of hydrogen-bond acceptors (Lipinski definition) is 5. The van der Waals surface area contributed by atoms with Crippen LogP contribution in [0.15, 0.2) is 97.1 Å². The minimum atomic E-state index is -0.510. The molecule has 1 amide bonds. The highest BCUT2D eigenvalue weighted by Gasteiger charge is 2.29. The Morgan fingerprint density at radius 1 is 0.684 bits per heavy atom. The molecule has 190 valence electrons. The number of nitrogens with one attached hydrogen (secondary N) is 4. The summed E-state index contributed by atoms with van der Waals surface area (Å²) in [6.45, 7) is 0.254. The van der Waals surface area contributed by atoms with Gasteiger partial charge in [-0.25, -0.2) is 4.79 Å². The van der Waals surface area contributed by atoms with Crippen molar-refractivity contribution in [3.63, 3.8) is 0 Å². The Bertz CT molecular complexity index is 1440. The number of benzene rings is 4. The molecule has 0 radical (unpaired) electrons. The number of fused-ring (bicyclic) bond motifs is 3. The zero-order valence-corrected chi connectivity index (χ0v) is 21.9. The monoisotopic (exact) mass is 539 g/mol. The number of rotatable bonds is 5. The molecule has 0 saturated heterocycles. The Balaban J connectivity index is 1.11. The van der Waals surface area contributed by atoms with E-state index in [0.29, 0.717) is 21.6 Å². The first-order chi connectivity index (χ1) is 18.5. The number of ether oxygens (including phenoxy) is 1. The van der Waals surface area contributed by atoms with Crippen molar-refractivity contribution in [3.05, 3.63) is 108 Å². The molecule has 0 aliphatic heterocycles. The second kappa shape index (κ2) is 11.3. The van der Waals surface area contributed by atoms with Crippen molar-refractivity contribution in [1.29, 1.82) is 0 Å². The van der Waals surface area contributed by atoms with Crippen molar-refractivity contribution in [2.75, 3.05) is 28.3 Å². The summed E-state index contributed by atoms with van der Waals surface area (Å²) >= 11 is 10.6. The molecule has 7 nitrogen and oxygen atoms in total. The lowest BCUT2D eigenvalue weighted by atomic mass is 9.98. The van der Waals surface area contributed by atoms with E-state index >= 15 is 0 Å². The number of carbonyl (C=O) groups is 1. The van der Waals surface area contributed by atoms with E-state index in [0.717, 1.165) is 11.4 Å². The van der Waals surface area contributed by atoms with Crippen molar-refractivity contribution in [1.82, 2.24) is 5.32 Å². The number of nitrogens with two attached hydrogens (primary N) is 1. The predicted octanol–water partition coefficient (Wildman–Crippen LogP) is 6.31. The fraction of sp³-hybridized carbons (Fsp3) is 0.0690. The van der Waals surface area contributed by atoms with E-state index in [4.69, 9.17) is 34.9 Å². The summed E-state index contributed by atoms with van der Waals surface area (Å²) in [5.74, 6) is 0.00818. The van der Waals surface area contributed by atoms with Crippen LogP contribution in [-0.2, 0) is 4.74 Å². The van der Waals surface area contributed by atoms with Crippen LogP contribution in [0.3, 0.4) is 0 Å². The van der Waals surface area contributed by atoms with Gasteiger partial charge >= 0.3 is 6.09 Å². The summed E-state index contributed by atoms with van der Waals surface area (Å²) < 4.78 is 5.61.